The predicted octanol–water partition coefficient (Wildman–Crippen LogP) is 4.18. The van der Waals surface area contributed by atoms with E-state index in [4.69, 9.17) is 23.2 Å². The van der Waals surface area contributed by atoms with Gasteiger partial charge in [0, 0.05) is 25.7 Å². The number of nitrogens with one attached hydrogen (secondary N) is 1. The quantitative estimate of drug-likeness (QED) is 0.548. The van der Waals surface area contributed by atoms with Crippen molar-refractivity contribution in [3.05, 3.63) is 41.0 Å². The van der Waals surface area contributed by atoms with E-state index < -0.39 is 0 Å². The second-order valence-electron chi connectivity index (χ2n) is 4.53. The average Bonchev–Trinajstić information content (AvgIpc) is 2.57. The Bertz CT molecular complexity index is 860. The van der Waals surface area contributed by atoms with Gasteiger partial charge in [-0.15, -0.1) is 0 Å². The van der Waals surface area contributed by atoms with Crippen molar-refractivity contribution in [2.75, 3.05) is 22.9 Å². The molecule has 0 saturated heterocycles. The van der Waals surface area contributed by atoms with Gasteiger partial charge in [-0.05, 0) is 23.7 Å². The molecular formula is C14H12Cl2N6S. The van der Waals surface area contributed by atoms with E-state index >= 15 is 0 Å². The molecule has 3 rings (SSSR count). The zero-order chi connectivity index (χ0) is 16.4. The maximum Gasteiger partial charge on any atom is 0.224 e. The Labute approximate surface area is 147 Å². The van der Waals surface area contributed by atoms with E-state index in [2.05, 4.69) is 25.3 Å². The highest BCUT2D eigenvalue weighted by Crippen LogP contribution is 2.37. The second kappa shape index (κ2) is 6.74. The van der Waals surface area contributed by atoms with Crippen molar-refractivity contribution >= 4 is 63.4 Å². The highest BCUT2D eigenvalue weighted by Gasteiger charge is 2.15. The van der Waals surface area contributed by atoms with Crippen LogP contribution in [0.2, 0.25) is 10.3 Å². The molecule has 9 heteroatoms. The molecule has 0 aliphatic heterocycles. The molecule has 2 heterocycles. The highest BCUT2D eigenvalue weighted by atomic mass is 35.5. The number of hydrogen-bond acceptors (Lipinski definition) is 7. The van der Waals surface area contributed by atoms with Crippen LogP contribution < -0.4 is 9.62 Å². The van der Waals surface area contributed by atoms with Gasteiger partial charge in [0.05, 0.1) is 23.1 Å². The first kappa shape index (κ1) is 16.0. The van der Waals surface area contributed by atoms with E-state index in [-0.39, 0.29) is 5.28 Å². The van der Waals surface area contributed by atoms with Crippen LogP contribution in [-0.4, -0.2) is 33.2 Å². The Hall–Kier alpha value is -1.83. The first-order chi connectivity index (χ1) is 11.1. The van der Waals surface area contributed by atoms with Crippen molar-refractivity contribution in [1.82, 2.24) is 19.9 Å². The van der Waals surface area contributed by atoms with Crippen LogP contribution in [0, 0.1) is 0 Å². The number of halogens is 2. The van der Waals surface area contributed by atoms with E-state index in [9.17, 15) is 0 Å². The molecule has 0 unspecified atom stereocenters. The summed E-state index contributed by atoms with van der Waals surface area (Å²) in [6, 6.07) is 3.80. The van der Waals surface area contributed by atoms with Gasteiger partial charge in [-0.25, -0.2) is 4.98 Å². The Balaban J connectivity index is 2.15. The topological polar surface area (TPSA) is 66.8 Å². The smallest absolute Gasteiger partial charge is 0.224 e. The first-order valence-electron chi connectivity index (χ1n) is 6.56. The van der Waals surface area contributed by atoms with Crippen LogP contribution in [0.1, 0.15) is 0 Å². The normalized spacial score (nSPS) is 10.8. The zero-order valence-electron chi connectivity index (χ0n) is 12.3. The molecule has 3 aromatic rings. The molecule has 1 N–H and O–H groups in total. The van der Waals surface area contributed by atoms with Gasteiger partial charge in [0.1, 0.15) is 10.5 Å². The standard InChI is InChI=1S/C14H12Cl2N6S/c1-22(23-2)12-10(4-3-9-11(12)18-6-5-17-9)20-13-8(15)7-19-14(16)21-13/h3-7H,1-2H3,(H,19,20,21). The summed E-state index contributed by atoms with van der Waals surface area (Å²) in [5.41, 5.74) is 3.27. The lowest BCUT2D eigenvalue weighted by molar-refractivity contribution is 1.17. The third kappa shape index (κ3) is 3.26. The van der Waals surface area contributed by atoms with Crippen molar-refractivity contribution in [3.8, 4) is 0 Å². The third-order valence-corrected chi connectivity index (χ3v) is 4.36. The molecule has 0 spiro atoms. The van der Waals surface area contributed by atoms with Crippen molar-refractivity contribution in [2.24, 2.45) is 0 Å². The van der Waals surface area contributed by atoms with Gasteiger partial charge in [0.25, 0.3) is 0 Å². The van der Waals surface area contributed by atoms with Crippen molar-refractivity contribution in [2.45, 2.75) is 0 Å². The lowest BCUT2D eigenvalue weighted by atomic mass is 10.2. The number of aromatic nitrogens is 4. The van der Waals surface area contributed by atoms with Crippen LogP contribution in [0.25, 0.3) is 11.0 Å². The summed E-state index contributed by atoms with van der Waals surface area (Å²) in [4.78, 5) is 16.8. The average molecular weight is 367 g/mol. The van der Waals surface area contributed by atoms with Crippen LogP contribution in [0.3, 0.4) is 0 Å². The molecule has 0 atom stereocenters. The molecule has 0 aliphatic carbocycles. The number of anilines is 3. The molecule has 0 amide bonds. The third-order valence-electron chi connectivity index (χ3n) is 3.17. The summed E-state index contributed by atoms with van der Waals surface area (Å²) in [5, 5.41) is 3.70. The lowest BCUT2D eigenvalue weighted by Gasteiger charge is -2.21. The summed E-state index contributed by atoms with van der Waals surface area (Å²) in [5.74, 6) is 0.436. The summed E-state index contributed by atoms with van der Waals surface area (Å²) < 4.78 is 2.00. The minimum Gasteiger partial charge on any atom is -0.337 e. The van der Waals surface area contributed by atoms with Gasteiger partial charge in [0.2, 0.25) is 5.28 Å². The van der Waals surface area contributed by atoms with E-state index in [0.717, 1.165) is 22.4 Å². The van der Waals surface area contributed by atoms with Gasteiger partial charge >= 0.3 is 0 Å². The number of rotatable bonds is 4. The molecule has 23 heavy (non-hydrogen) atoms. The van der Waals surface area contributed by atoms with Gasteiger partial charge < -0.3 is 9.62 Å². The maximum atomic E-state index is 6.14. The predicted molar refractivity (Wildman–Crippen MR) is 96.8 cm³/mol. The summed E-state index contributed by atoms with van der Waals surface area (Å²) in [6.45, 7) is 0. The molecule has 2 aromatic heterocycles. The minimum absolute atomic E-state index is 0.122. The fourth-order valence-corrected chi connectivity index (χ4v) is 2.73. The molecule has 0 aliphatic rings. The molecular weight excluding hydrogens is 355 g/mol. The van der Waals surface area contributed by atoms with Gasteiger partial charge in [-0.3, -0.25) is 9.97 Å². The number of hydrogen-bond donors (Lipinski definition) is 1. The van der Waals surface area contributed by atoms with Crippen LogP contribution in [-0.2, 0) is 0 Å². The van der Waals surface area contributed by atoms with E-state index in [1.165, 1.54) is 6.20 Å². The van der Waals surface area contributed by atoms with Crippen LogP contribution in [0.15, 0.2) is 30.7 Å². The fraction of sp³-hybridized carbons (Fsp3) is 0.143. The van der Waals surface area contributed by atoms with Crippen LogP contribution in [0.5, 0.6) is 0 Å². The number of fused-ring (bicyclic) bond motifs is 1. The van der Waals surface area contributed by atoms with E-state index in [1.54, 1.807) is 24.3 Å². The van der Waals surface area contributed by atoms with Gasteiger partial charge in [-0.1, -0.05) is 23.5 Å². The van der Waals surface area contributed by atoms with Crippen molar-refractivity contribution < 1.29 is 0 Å². The Morgan fingerprint density at radius 3 is 2.70 bits per heavy atom. The molecule has 0 saturated carbocycles. The Kier molecular flexibility index (Phi) is 4.70. The van der Waals surface area contributed by atoms with Crippen molar-refractivity contribution in [3.63, 3.8) is 0 Å². The second-order valence-corrected chi connectivity index (χ2v) is 6.18. The fourth-order valence-electron chi connectivity index (χ4n) is 2.09. The SMILES string of the molecule is CSN(C)c1c(Nc2nc(Cl)ncc2Cl)ccc2nccnc12. The minimum atomic E-state index is 0.122. The summed E-state index contributed by atoms with van der Waals surface area (Å²) in [7, 11) is 1.95. The van der Waals surface area contributed by atoms with E-state index in [0.29, 0.717) is 10.8 Å². The number of benzene rings is 1. The Morgan fingerprint density at radius 2 is 1.91 bits per heavy atom. The first-order valence-corrected chi connectivity index (χ1v) is 8.50. The summed E-state index contributed by atoms with van der Waals surface area (Å²) in [6.07, 6.45) is 6.77. The molecule has 0 radical (unpaired) electrons. The van der Waals surface area contributed by atoms with Crippen LogP contribution >= 0.6 is 35.1 Å². The molecule has 1 aromatic carbocycles. The summed E-state index contributed by atoms with van der Waals surface area (Å²) >= 11 is 13.5. The van der Waals surface area contributed by atoms with E-state index in [1.807, 2.05) is 29.7 Å². The van der Waals surface area contributed by atoms with Crippen LogP contribution in [0.4, 0.5) is 17.2 Å². The van der Waals surface area contributed by atoms with Crippen molar-refractivity contribution in [1.29, 1.82) is 0 Å². The maximum absolute atomic E-state index is 6.14. The largest absolute Gasteiger partial charge is 0.337 e. The number of nitrogens with zero attached hydrogens (tertiary/aromatic N) is 5. The Morgan fingerprint density at radius 1 is 1.13 bits per heavy atom. The van der Waals surface area contributed by atoms with Gasteiger partial charge in [-0.2, -0.15) is 4.98 Å². The monoisotopic (exact) mass is 366 g/mol. The molecule has 0 fully saturated rings. The van der Waals surface area contributed by atoms with Gasteiger partial charge in [0.15, 0.2) is 5.82 Å². The highest BCUT2D eigenvalue weighted by molar-refractivity contribution is 7.99. The molecule has 0 bridgehead atoms. The molecule has 118 valence electrons. The zero-order valence-corrected chi connectivity index (χ0v) is 14.6. The molecule has 6 nitrogen and oxygen atoms in total. The lowest BCUT2D eigenvalue weighted by Crippen LogP contribution is -2.10.